The number of benzene rings is 2. The minimum atomic E-state index is -0.583. The Labute approximate surface area is 153 Å². The summed E-state index contributed by atoms with van der Waals surface area (Å²) in [5.41, 5.74) is 7.96. The van der Waals surface area contributed by atoms with Gasteiger partial charge in [-0.3, -0.25) is 4.79 Å². The molecule has 4 nitrogen and oxygen atoms in total. The Morgan fingerprint density at radius 2 is 1.79 bits per heavy atom. The molecule has 0 aromatic heterocycles. The third kappa shape index (κ3) is 6.13. The van der Waals surface area contributed by atoms with Gasteiger partial charge in [-0.05, 0) is 29.7 Å². The Balaban J connectivity index is 0.00000288. The van der Waals surface area contributed by atoms with Crippen LogP contribution in [0.3, 0.4) is 0 Å². The average Bonchev–Trinajstić information content (AvgIpc) is 2.57. The van der Waals surface area contributed by atoms with Gasteiger partial charge in [-0.1, -0.05) is 54.1 Å². The lowest BCUT2D eigenvalue weighted by Crippen LogP contribution is -2.43. The number of ether oxygens (including phenoxy) is 1. The van der Waals surface area contributed by atoms with Crippen LogP contribution in [0.25, 0.3) is 0 Å². The van der Waals surface area contributed by atoms with Crippen molar-refractivity contribution in [3.63, 3.8) is 0 Å². The summed E-state index contributed by atoms with van der Waals surface area (Å²) in [6.07, 6.45) is 0.269. The third-order valence-electron chi connectivity index (χ3n) is 3.62. The molecule has 0 aliphatic heterocycles. The number of hydrogen-bond donors (Lipinski definition) is 2. The summed E-state index contributed by atoms with van der Waals surface area (Å²) in [7, 11) is 1.61. The normalized spacial score (nSPS) is 12.8. The highest BCUT2D eigenvalue weighted by molar-refractivity contribution is 6.30. The fourth-order valence-corrected chi connectivity index (χ4v) is 2.43. The van der Waals surface area contributed by atoms with Gasteiger partial charge in [0, 0.05) is 18.7 Å². The Hall–Kier alpha value is -1.59. The van der Waals surface area contributed by atoms with Crippen molar-refractivity contribution < 1.29 is 9.53 Å². The fourth-order valence-electron chi connectivity index (χ4n) is 2.30. The van der Waals surface area contributed by atoms with Crippen molar-refractivity contribution in [1.29, 1.82) is 0 Å². The van der Waals surface area contributed by atoms with Crippen LogP contribution in [0.2, 0.25) is 5.02 Å². The lowest BCUT2D eigenvalue weighted by Gasteiger charge is -2.18. The molecule has 0 aliphatic carbocycles. The van der Waals surface area contributed by atoms with Crippen LogP contribution in [-0.4, -0.2) is 25.6 Å². The number of nitrogens with one attached hydrogen (secondary N) is 1. The van der Waals surface area contributed by atoms with E-state index in [-0.39, 0.29) is 24.4 Å². The molecule has 2 aromatic carbocycles. The summed E-state index contributed by atoms with van der Waals surface area (Å²) >= 11 is 5.88. The monoisotopic (exact) mass is 368 g/mol. The van der Waals surface area contributed by atoms with Gasteiger partial charge >= 0.3 is 0 Å². The van der Waals surface area contributed by atoms with E-state index >= 15 is 0 Å². The number of carbonyl (C=O) groups excluding carboxylic acids is 1. The second-order valence-electron chi connectivity index (χ2n) is 5.32. The van der Waals surface area contributed by atoms with Crippen LogP contribution in [0.4, 0.5) is 0 Å². The molecule has 0 fully saturated rings. The fraction of sp³-hybridized carbons (Fsp3) is 0.278. The second kappa shape index (κ2) is 10.3. The van der Waals surface area contributed by atoms with Gasteiger partial charge in [0.25, 0.3) is 0 Å². The first-order chi connectivity index (χ1) is 11.1. The quantitative estimate of drug-likeness (QED) is 0.788. The van der Waals surface area contributed by atoms with E-state index in [4.69, 9.17) is 22.1 Å². The molecule has 2 aromatic rings. The van der Waals surface area contributed by atoms with Crippen LogP contribution in [-0.2, 0) is 16.0 Å². The summed E-state index contributed by atoms with van der Waals surface area (Å²) in [4.78, 5) is 12.1. The number of carbonyl (C=O) groups is 1. The Kier molecular flexibility index (Phi) is 8.79. The largest absolute Gasteiger partial charge is 0.375 e. The second-order valence-corrected chi connectivity index (χ2v) is 5.75. The number of halogens is 2. The van der Waals surface area contributed by atoms with Crippen molar-refractivity contribution in [1.82, 2.24) is 5.32 Å². The highest BCUT2D eigenvalue weighted by Crippen LogP contribution is 2.18. The van der Waals surface area contributed by atoms with Crippen LogP contribution >= 0.6 is 24.0 Å². The van der Waals surface area contributed by atoms with Crippen LogP contribution in [0.1, 0.15) is 17.2 Å². The molecule has 0 heterocycles. The van der Waals surface area contributed by atoms with Crippen molar-refractivity contribution in [3.8, 4) is 0 Å². The zero-order valence-corrected chi connectivity index (χ0v) is 15.0. The van der Waals surface area contributed by atoms with E-state index in [1.54, 1.807) is 19.2 Å². The standard InChI is InChI=1S/C18H21ClN2O2.ClH/c1-23-17(14-7-9-15(19)10-8-14)12-21-18(22)16(20)11-13-5-3-2-4-6-13;/h2-10,16-17H,11-12,20H2,1H3,(H,21,22);1H/t16-,17?;/m0./s1. The van der Waals surface area contributed by atoms with Crippen LogP contribution in [0.5, 0.6) is 0 Å². The maximum Gasteiger partial charge on any atom is 0.237 e. The molecular weight excluding hydrogens is 347 g/mol. The van der Waals surface area contributed by atoms with Gasteiger partial charge in [0.05, 0.1) is 12.1 Å². The number of methoxy groups -OCH3 is 1. The Morgan fingerprint density at radius 3 is 2.38 bits per heavy atom. The van der Waals surface area contributed by atoms with Gasteiger partial charge in [0.1, 0.15) is 0 Å². The van der Waals surface area contributed by atoms with E-state index in [9.17, 15) is 4.79 Å². The minimum Gasteiger partial charge on any atom is -0.375 e. The van der Waals surface area contributed by atoms with Crippen molar-refractivity contribution in [3.05, 3.63) is 70.7 Å². The van der Waals surface area contributed by atoms with E-state index in [2.05, 4.69) is 5.32 Å². The molecule has 1 amide bonds. The SMILES string of the molecule is COC(CNC(=O)[C@@H](N)Cc1ccccc1)c1ccc(Cl)cc1.Cl. The lowest BCUT2D eigenvalue weighted by molar-refractivity contribution is -0.122. The summed E-state index contributed by atoms with van der Waals surface area (Å²) in [5.74, 6) is -0.190. The lowest BCUT2D eigenvalue weighted by atomic mass is 10.1. The molecule has 6 heteroatoms. The summed E-state index contributed by atoms with van der Waals surface area (Å²) in [5, 5.41) is 3.51. The number of amides is 1. The zero-order chi connectivity index (χ0) is 16.7. The zero-order valence-electron chi connectivity index (χ0n) is 13.4. The van der Waals surface area contributed by atoms with Crippen molar-refractivity contribution >= 4 is 29.9 Å². The van der Waals surface area contributed by atoms with Crippen LogP contribution in [0.15, 0.2) is 54.6 Å². The Morgan fingerprint density at radius 1 is 1.17 bits per heavy atom. The van der Waals surface area contributed by atoms with Gasteiger partial charge in [-0.2, -0.15) is 0 Å². The first-order valence-electron chi connectivity index (χ1n) is 7.45. The molecule has 0 bridgehead atoms. The molecule has 2 atom stereocenters. The molecule has 0 spiro atoms. The highest BCUT2D eigenvalue weighted by Gasteiger charge is 2.17. The number of rotatable bonds is 7. The first kappa shape index (κ1) is 20.5. The molecule has 0 saturated heterocycles. The summed E-state index contributed by atoms with van der Waals surface area (Å²) < 4.78 is 5.43. The summed E-state index contributed by atoms with van der Waals surface area (Å²) in [6.45, 7) is 0.361. The van der Waals surface area contributed by atoms with E-state index in [1.807, 2.05) is 42.5 Å². The maximum atomic E-state index is 12.1. The smallest absolute Gasteiger partial charge is 0.237 e. The molecule has 3 N–H and O–H groups in total. The van der Waals surface area contributed by atoms with Gasteiger partial charge in [0.2, 0.25) is 5.91 Å². The molecule has 0 saturated carbocycles. The number of hydrogen-bond acceptors (Lipinski definition) is 3. The van der Waals surface area contributed by atoms with E-state index in [0.29, 0.717) is 18.0 Å². The van der Waals surface area contributed by atoms with Gasteiger partial charge in [0.15, 0.2) is 0 Å². The molecule has 130 valence electrons. The van der Waals surface area contributed by atoms with Crippen LogP contribution < -0.4 is 11.1 Å². The molecule has 0 aliphatic rings. The highest BCUT2D eigenvalue weighted by atomic mass is 35.5. The molecule has 2 rings (SSSR count). The number of nitrogens with two attached hydrogens (primary N) is 1. The van der Waals surface area contributed by atoms with Gasteiger partial charge in [-0.25, -0.2) is 0 Å². The van der Waals surface area contributed by atoms with Gasteiger partial charge < -0.3 is 15.8 Å². The summed E-state index contributed by atoms with van der Waals surface area (Å²) in [6, 6.07) is 16.5. The predicted molar refractivity (Wildman–Crippen MR) is 99.6 cm³/mol. The van der Waals surface area contributed by atoms with Crippen molar-refractivity contribution in [2.75, 3.05) is 13.7 Å². The molecule has 1 unspecified atom stereocenters. The molecular formula is C18H22Cl2N2O2. The van der Waals surface area contributed by atoms with Crippen molar-refractivity contribution in [2.24, 2.45) is 5.73 Å². The minimum absolute atomic E-state index is 0. The first-order valence-corrected chi connectivity index (χ1v) is 7.83. The average molecular weight is 369 g/mol. The Bertz CT molecular complexity index is 621. The van der Waals surface area contributed by atoms with Crippen molar-refractivity contribution in [2.45, 2.75) is 18.6 Å². The van der Waals surface area contributed by atoms with E-state index in [1.165, 1.54) is 0 Å². The van der Waals surface area contributed by atoms with Crippen LogP contribution in [0, 0.1) is 0 Å². The third-order valence-corrected chi connectivity index (χ3v) is 3.88. The topological polar surface area (TPSA) is 64.3 Å². The maximum absolute atomic E-state index is 12.1. The molecule has 24 heavy (non-hydrogen) atoms. The van der Waals surface area contributed by atoms with Gasteiger partial charge in [-0.15, -0.1) is 12.4 Å². The predicted octanol–water partition coefficient (Wildman–Crippen LogP) is 3.14. The van der Waals surface area contributed by atoms with E-state index in [0.717, 1.165) is 11.1 Å². The van der Waals surface area contributed by atoms with E-state index < -0.39 is 6.04 Å². The molecule has 0 radical (unpaired) electrons.